The zero-order valence-corrected chi connectivity index (χ0v) is 10.5. The number of rotatable bonds is 4. The second-order valence-electron chi connectivity index (χ2n) is 4.84. The number of hydrogen-bond donors (Lipinski definition) is 2. The van der Waals surface area contributed by atoms with Gasteiger partial charge in [-0.3, -0.25) is 0 Å². The molecule has 4 nitrogen and oxygen atoms in total. The summed E-state index contributed by atoms with van der Waals surface area (Å²) in [5.74, 6) is 6.21. The number of aryl methyl sites for hydroxylation is 1. The smallest absolute Gasteiger partial charge is 0.308 e. The first-order valence-corrected chi connectivity index (χ1v) is 6.39. The average Bonchev–Trinajstić information content (AvgIpc) is 2.89. The fraction of sp³-hybridized carbons (Fsp3) is 0.667. The number of halogens is 3. The van der Waals surface area contributed by atoms with Crippen molar-refractivity contribution in [3.8, 4) is 0 Å². The van der Waals surface area contributed by atoms with Gasteiger partial charge in [-0.1, -0.05) is 12.8 Å². The lowest BCUT2D eigenvalue weighted by Crippen LogP contribution is -2.15. The summed E-state index contributed by atoms with van der Waals surface area (Å²) in [6.07, 6.45) is -0.984. The van der Waals surface area contributed by atoms with E-state index in [1.54, 1.807) is 6.07 Å². The van der Waals surface area contributed by atoms with Gasteiger partial charge in [-0.2, -0.15) is 13.2 Å². The molecule has 106 valence electrons. The molecule has 3 N–H and O–H groups in total. The Morgan fingerprint density at radius 3 is 2.53 bits per heavy atom. The molecule has 1 fully saturated rings. The lowest BCUT2D eigenvalue weighted by Gasteiger charge is -2.12. The van der Waals surface area contributed by atoms with Crippen LogP contribution in [0.3, 0.4) is 0 Å². The van der Waals surface area contributed by atoms with Crippen LogP contribution in [-0.4, -0.2) is 16.1 Å². The van der Waals surface area contributed by atoms with Gasteiger partial charge in [0.2, 0.25) is 0 Å². The molecule has 0 spiro atoms. The molecule has 0 atom stereocenters. The number of nitrogens with zero attached hydrogens (tertiary/aromatic N) is 2. The SMILES string of the molecule is NNc1cc(C2CCCC2)nc(CCC(F)(F)F)n1. The van der Waals surface area contributed by atoms with Gasteiger partial charge in [-0.05, 0) is 12.8 Å². The molecular formula is C12H17F3N4. The predicted octanol–water partition coefficient (Wildman–Crippen LogP) is 2.91. The van der Waals surface area contributed by atoms with E-state index in [-0.39, 0.29) is 12.2 Å². The number of nitrogen functional groups attached to an aromatic ring is 1. The Balaban J connectivity index is 2.15. The van der Waals surface area contributed by atoms with E-state index >= 15 is 0 Å². The second-order valence-corrected chi connectivity index (χ2v) is 4.84. The molecule has 0 aliphatic heterocycles. The highest BCUT2D eigenvalue weighted by atomic mass is 19.4. The van der Waals surface area contributed by atoms with Gasteiger partial charge in [0.05, 0.1) is 6.42 Å². The zero-order valence-electron chi connectivity index (χ0n) is 10.5. The van der Waals surface area contributed by atoms with Crippen LogP contribution in [-0.2, 0) is 6.42 Å². The Bertz CT molecular complexity index is 427. The summed E-state index contributed by atoms with van der Waals surface area (Å²) in [5, 5.41) is 0. The van der Waals surface area contributed by atoms with Crippen molar-refractivity contribution in [1.29, 1.82) is 0 Å². The van der Waals surface area contributed by atoms with E-state index in [1.165, 1.54) is 0 Å². The molecule has 7 heteroatoms. The summed E-state index contributed by atoms with van der Waals surface area (Å²) in [6.45, 7) is 0. The van der Waals surface area contributed by atoms with E-state index in [0.29, 0.717) is 11.7 Å². The van der Waals surface area contributed by atoms with Gasteiger partial charge in [-0.25, -0.2) is 15.8 Å². The Labute approximate surface area is 109 Å². The van der Waals surface area contributed by atoms with E-state index in [2.05, 4.69) is 15.4 Å². The molecule has 1 aromatic rings. The van der Waals surface area contributed by atoms with Gasteiger partial charge < -0.3 is 5.43 Å². The van der Waals surface area contributed by atoms with Gasteiger partial charge in [0.1, 0.15) is 11.6 Å². The summed E-state index contributed by atoms with van der Waals surface area (Å²) >= 11 is 0. The largest absolute Gasteiger partial charge is 0.389 e. The molecule has 19 heavy (non-hydrogen) atoms. The van der Waals surface area contributed by atoms with Crippen LogP contribution in [0.4, 0.5) is 19.0 Å². The van der Waals surface area contributed by atoms with Crippen LogP contribution in [0.25, 0.3) is 0 Å². The first kappa shape index (κ1) is 14.0. The van der Waals surface area contributed by atoms with Gasteiger partial charge in [0.25, 0.3) is 0 Å². The molecule has 1 aromatic heterocycles. The van der Waals surface area contributed by atoms with E-state index in [4.69, 9.17) is 5.84 Å². The maximum absolute atomic E-state index is 12.2. The van der Waals surface area contributed by atoms with Gasteiger partial charge >= 0.3 is 6.18 Å². The third kappa shape index (κ3) is 4.05. The Morgan fingerprint density at radius 2 is 1.95 bits per heavy atom. The van der Waals surface area contributed by atoms with Gasteiger partial charge in [-0.15, -0.1) is 0 Å². The van der Waals surface area contributed by atoms with Crippen molar-refractivity contribution in [3.05, 3.63) is 17.6 Å². The van der Waals surface area contributed by atoms with E-state index in [0.717, 1.165) is 31.4 Å². The molecule has 1 aliphatic carbocycles. The number of nitrogens with one attached hydrogen (secondary N) is 1. The minimum absolute atomic E-state index is 0.203. The molecule has 0 radical (unpaired) electrons. The maximum atomic E-state index is 12.2. The van der Waals surface area contributed by atoms with Crippen LogP contribution < -0.4 is 11.3 Å². The van der Waals surface area contributed by atoms with Crippen molar-refractivity contribution < 1.29 is 13.2 Å². The van der Waals surface area contributed by atoms with Crippen LogP contribution in [0, 0.1) is 0 Å². The maximum Gasteiger partial charge on any atom is 0.389 e. The number of hydrazine groups is 1. The third-order valence-corrected chi connectivity index (χ3v) is 3.35. The van der Waals surface area contributed by atoms with Gasteiger partial charge in [0.15, 0.2) is 0 Å². The molecule has 0 saturated heterocycles. The Hall–Kier alpha value is -1.37. The number of aromatic nitrogens is 2. The molecule has 1 aliphatic rings. The fourth-order valence-electron chi connectivity index (χ4n) is 2.39. The monoisotopic (exact) mass is 274 g/mol. The Morgan fingerprint density at radius 1 is 1.26 bits per heavy atom. The molecule has 1 heterocycles. The van der Waals surface area contributed by atoms with E-state index < -0.39 is 12.6 Å². The van der Waals surface area contributed by atoms with Crippen molar-refractivity contribution >= 4 is 5.82 Å². The number of anilines is 1. The molecular weight excluding hydrogens is 257 g/mol. The number of nitrogens with two attached hydrogens (primary N) is 1. The lowest BCUT2D eigenvalue weighted by molar-refractivity contribution is -0.134. The second kappa shape index (κ2) is 5.73. The molecule has 0 aromatic carbocycles. The number of alkyl halides is 3. The van der Waals surface area contributed by atoms with E-state index in [1.807, 2.05) is 0 Å². The van der Waals surface area contributed by atoms with Crippen LogP contribution in [0.2, 0.25) is 0 Å². The highest BCUT2D eigenvalue weighted by molar-refractivity contribution is 5.35. The van der Waals surface area contributed by atoms with Crippen molar-refractivity contribution in [2.75, 3.05) is 5.43 Å². The highest BCUT2D eigenvalue weighted by Crippen LogP contribution is 2.33. The summed E-state index contributed by atoms with van der Waals surface area (Å²) in [7, 11) is 0. The molecule has 0 bridgehead atoms. The fourth-order valence-corrected chi connectivity index (χ4v) is 2.39. The highest BCUT2D eigenvalue weighted by Gasteiger charge is 2.27. The summed E-state index contributed by atoms with van der Waals surface area (Å²) in [6, 6.07) is 1.73. The minimum Gasteiger partial charge on any atom is -0.308 e. The normalized spacial score (nSPS) is 16.8. The van der Waals surface area contributed by atoms with Crippen molar-refractivity contribution in [2.45, 2.75) is 50.6 Å². The van der Waals surface area contributed by atoms with Crippen molar-refractivity contribution in [2.24, 2.45) is 5.84 Å². The third-order valence-electron chi connectivity index (χ3n) is 3.35. The van der Waals surface area contributed by atoms with Gasteiger partial charge in [0, 0.05) is 24.1 Å². The minimum atomic E-state index is -4.19. The summed E-state index contributed by atoms with van der Waals surface area (Å²) in [4.78, 5) is 8.24. The quantitative estimate of drug-likeness (QED) is 0.654. The van der Waals surface area contributed by atoms with Crippen LogP contribution in [0.5, 0.6) is 0 Å². The average molecular weight is 274 g/mol. The molecule has 0 amide bonds. The topological polar surface area (TPSA) is 63.8 Å². The summed E-state index contributed by atoms with van der Waals surface area (Å²) in [5.41, 5.74) is 3.20. The zero-order chi connectivity index (χ0) is 13.9. The number of hydrogen-bond acceptors (Lipinski definition) is 4. The van der Waals surface area contributed by atoms with Crippen molar-refractivity contribution in [1.82, 2.24) is 9.97 Å². The lowest BCUT2D eigenvalue weighted by atomic mass is 10.0. The van der Waals surface area contributed by atoms with E-state index in [9.17, 15) is 13.2 Å². The molecule has 2 rings (SSSR count). The predicted molar refractivity (Wildman–Crippen MR) is 65.4 cm³/mol. The Kier molecular flexibility index (Phi) is 4.24. The first-order valence-electron chi connectivity index (χ1n) is 6.39. The van der Waals surface area contributed by atoms with Crippen LogP contribution in [0.15, 0.2) is 6.07 Å². The standard InChI is InChI=1S/C12H17F3N4/c13-12(14,15)6-5-10-17-9(7-11(18-10)19-16)8-3-1-2-4-8/h7-8H,1-6,16H2,(H,17,18,19). The summed E-state index contributed by atoms with van der Waals surface area (Å²) < 4.78 is 36.7. The van der Waals surface area contributed by atoms with Crippen LogP contribution >= 0.6 is 0 Å². The van der Waals surface area contributed by atoms with Crippen LogP contribution in [0.1, 0.15) is 49.5 Å². The first-order chi connectivity index (χ1) is 8.98. The van der Waals surface area contributed by atoms with Crippen molar-refractivity contribution in [3.63, 3.8) is 0 Å². The molecule has 1 saturated carbocycles. The molecule has 0 unspecified atom stereocenters.